The van der Waals surface area contributed by atoms with E-state index in [1.807, 2.05) is 14.1 Å². The van der Waals surface area contributed by atoms with Crippen molar-refractivity contribution in [3.63, 3.8) is 0 Å². The Morgan fingerprint density at radius 2 is 1.67 bits per heavy atom. The molecular formula is C6H13B6. The summed E-state index contributed by atoms with van der Waals surface area (Å²) >= 11 is 0. The molecule has 0 nitrogen and oxygen atoms in total. The summed E-state index contributed by atoms with van der Waals surface area (Å²) in [6.07, 6.45) is 2.36. The van der Waals surface area contributed by atoms with Crippen molar-refractivity contribution >= 4 is 43.2 Å². The molecular weight excluding hydrogens is 137 g/mol. The molecule has 55 valence electrons. The lowest BCUT2D eigenvalue weighted by molar-refractivity contribution is 0.568. The van der Waals surface area contributed by atoms with Gasteiger partial charge in [-0.15, -0.1) is 0 Å². The summed E-state index contributed by atoms with van der Waals surface area (Å²) in [6.45, 7) is 6.70. The van der Waals surface area contributed by atoms with Crippen LogP contribution in [-0.2, 0) is 0 Å². The predicted octanol–water partition coefficient (Wildman–Crippen LogP) is 0.249. The Hall–Kier alpha value is 0.390. The minimum absolute atomic E-state index is 0.346. The molecule has 0 amide bonds. The molecule has 0 aliphatic carbocycles. The van der Waals surface area contributed by atoms with Crippen molar-refractivity contribution in [2.75, 3.05) is 0 Å². The van der Waals surface area contributed by atoms with Crippen LogP contribution in [0, 0.1) is 0 Å². The molecule has 0 heterocycles. The first-order chi connectivity index (χ1) is 5.68. The van der Waals surface area contributed by atoms with E-state index in [1.165, 1.54) is 12.8 Å². The van der Waals surface area contributed by atoms with E-state index in [0.717, 1.165) is 0 Å². The Kier molecular flexibility index (Phi) is 7.08. The molecule has 0 unspecified atom stereocenters. The molecule has 0 saturated heterocycles. The number of hydrogen-bond acceptors (Lipinski definition) is 0. The number of rotatable bonds is 7. The summed E-state index contributed by atoms with van der Waals surface area (Å²) in [7, 11) is 14.8. The van der Waals surface area contributed by atoms with Crippen LogP contribution < -0.4 is 0 Å². The highest BCUT2D eigenvalue weighted by atomic mass is 14.1. The zero-order valence-electron chi connectivity index (χ0n) is 8.38. The first kappa shape index (κ1) is 12.4. The molecule has 0 aliphatic heterocycles. The highest BCUT2D eigenvalue weighted by Gasteiger charge is 2.18. The van der Waals surface area contributed by atoms with Gasteiger partial charge in [-0.3, -0.25) is 0 Å². The summed E-state index contributed by atoms with van der Waals surface area (Å²) in [6, 6.07) is 0. The van der Waals surface area contributed by atoms with Crippen molar-refractivity contribution in [2.45, 2.75) is 38.9 Å². The normalized spacial score (nSPS) is 10.2. The van der Waals surface area contributed by atoms with Gasteiger partial charge >= 0.3 is 0 Å². The monoisotopic (exact) mass is 151 g/mol. The highest BCUT2D eigenvalue weighted by Crippen LogP contribution is 2.31. The molecule has 6 heteroatoms. The number of hydrogen-bond donors (Lipinski definition) is 0. The van der Waals surface area contributed by atoms with Gasteiger partial charge in [-0.05, 0) is 0 Å². The molecule has 0 aromatic rings. The zero-order chi connectivity index (χ0) is 9.45. The molecule has 12 heavy (non-hydrogen) atoms. The molecule has 0 aromatic carbocycles. The van der Waals surface area contributed by atoms with Crippen LogP contribution in [0.15, 0.2) is 0 Å². The van der Waals surface area contributed by atoms with Gasteiger partial charge in [0.15, 0.2) is 0 Å². The van der Waals surface area contributed by atoms with Crippen LogP contribution in [0.3, 0.4) is 0 Å². The van der Waals surface area contributed by atoms with Gasteiger partial charge in [-0.2, -0.15) is 0 Å². The van der Waals surface area contributed by atoms with Crippen molar-refractivity contribution in [3.8, 4) is 0 Å². The Morgan fingerprint density at radius 3 is 2.08 bits per heavy atom. The van der Waals surface area contributed by atoms with Gasteiger partial charge < -0.3 is 0 Å². The van der Waals surface area contributed by atoms with Gasteiger partial charge in [-0.1, -0.05) is 38.9 Å². The fourth-order valence-electron chi connectivity index (χ4n) is 0.902. The minimum Gasteiger partial charge on any atom is -0.0702 e. The molecule has 0 spiro atoms. The van der Waals surface area contributed by atoms with E-state index in [9.17, 15) is 0 Å². The van der Waals surface area contributed by atoms with E-state index in [1.54, 1.807) is 7.06 Å². The lowest BCUT2D eigenvalue weighted by Crippen LogP contribution is -2.29. The van der Waals surface area contributed by atoms with Crippen molar-refractivity contribution in [1.29, 1.82) is 0 Å². The Balaban J connectivity index is 3.45. The zero-order valence-corrected chi connectivity index (χ0v) is 8.38. The summed E-state index contributed by atoms with van der Waals surface area (Å²) in [5, 5.41) is 0.346. The lowest BCUT2D eigenvalue weighted by Gasteiger charge is -2.26. The maximum absolute atomic E-state index is 5.20. The summed E-state index contributed by atoms with van der Waals surface area (Å²) in [5.74, 6) is 0. The van der Waals surface area contributed by atoms with Crippen molar-refractivity contribution in [2.24, 2.45) is 0 Å². The van der Waals surface area contributed by atoms with Gasteiger partial charge in [0.05, 0.1) is 7.17 Å². The third-order valence-corrected chi connectivity index (χ3v) is 2.45. The van der Waals surface area contributed by atoms with E-state index in [-0.39, 0.29) is 0 Å². The van der Waals surface area contributed by atoms with Crippen LogP contribution in [0.1, 0.15) is 33.6 Å². The fourth-order valence-corrected chi connectivity index (χ4v) is 0.902. The molecule has 0 saturated carbocycles. The largest absolute Gasteiger partial charge is 0.0702 e. The second kappa shape index (κ2) is 6.86. The van der Waals surface area contributed by atoms with E-state index < -0.39 is 0 Å². The second-order valence-corrected chi connectivity index (χ2v) is 3.30. The van der Waals surface area contributed by atoms with Crippen LogP contribution >= 0.6 is 0 Å². The molecule has 0 fully saturated rings. The molecule has 0 aromatic heterocycles. The molecule has 7 radical (unpaired) electrons. The average Bonchev–Trinajstić information content (AvgIpc) is 2.12. The van der Waals surface area contributed by atoms with Gasteiger partial charge in [0.25, 0.3) is 0 Å². The van der Waals surface area contributed by atoms with E-state index in [0.29, 0.717) is 5.31 Å². The first-order valence-corrected chi connectivity index (χ1v) is 4.58. The van der Waals surface area contributed by atoms with Gasteiger partial charge in [0.1, 0.15) is 0 Å². The Morgan fingerprint density at radius 1 is 1.08 bits per heavy atom. The summed E-state index contributed by atoms with van der Waals surface area (Å²) < 4.78 is 0. The van der Waals surface area contributed by atoms with Gasteiger partial charge in [-0.25, -0.2) is 0 Å². The Bertz CT molecular complexity index is 102. The average molecular weight is 150 g/mol. The fraction of sp³-hybridized carbons (Fsp3) is 1.00. The standard InChI is InChI=1S/C6H13B6/c1-4-6(3,5-2)8-10-12-11-9-7/h4-5H2,1-3H3. The highest BCUT2D eigenvalue weighted by molar-refractivity contribution is 7.57. The van der Waals surface area contributed by atoms with Crippen LogP contribution in [-0.4, -0.2) is 43.2 Å². The quantitative estimate of drug-likeness (QED) is 0.360. The molecule has 0 atom stereocenters. The smallest absolute Gasteiger partial charge is 0.0626 e. The minimum atomic E-state index is 0.346. The molecule has 0 rings (SSSR count). The predicted molar refractivity (Wildman–Crippen MR) is 63.5 cm³/mol. The molecule has 0 bridgehead atoms. The van der Waals surface area contributed by atoms with Crippen LogP contribution in [0.2, 0.25) is 5.31 Å². The maximum Gasteiger partial charge on any atom is 0.0626 e. The Labute approximate surface area is 82.6 Å². The lowest BCUT2D eigenvalue weighted by atomic mass is 8.97. The van der Waals surface area contributed by atoms with Crippen LogP contribution in [0.5, 0.6) is 0 Å². The molecule has 0 aliphatic rings. The topological polar surface area (TPSA) is 0 Å². The third-order valence-electron chi connectivity index (χ3n) is 2.45. The molecule has 0 N–H and O–H groups in total. The van der Waals surface area contributed by atoms with Gasteiger partial charge in [0.2, 0.25) is 0 Å². The van der Waals surface area contributed by atoms with E-state index in [4.69, 9.17) is 7.74 Å². The SMILES string of the molecule is [B][B][B][B][B][B]C(C)(CC)CC. The second-order valence-electron chi connectivity index (χ2n) is 3.30. The van der Waals surface area contributed by atoms with Gasteiger partial charge in [0, 0.05) is 36.0 Å². The van der Waals surface area contributed by atoms with Crippen LogP contribution in [0.25, 0.3) is 0 Å². The summed E-state index contributed by atoms with van der Waals surface area (Å²) in [5.41, 5.74) is 0. The maximum atomic E-state index is 5.20. The van der Waals surface area contributed by atoms with Crippen LogP contribution in [0.4, 0.5) is 0 Å². The van der Waals surface area contributed by atoms with E-state index >= 15 is 0 Å². The van der Waals surface area contributed by atoms with Crippen molar-refractivity contribution in [1.82, 2.24) is 0 Å². The summed E-state index contributed by atoms with van der Waals surface area (Å²) in [4.78, 5) is 0. The third kappa shape index (κ3) is 5.11. The first-order valence-electron chi connectivity index (χ1n) is 4.58. The van der Waals surface area contributed by atoms with E-state index in [2.05, 4.69) is 35.0 Å². The van der Waals surface area contributed by atoms with Crippen molar-refractivity contribution < 1.29 is 0 Å². The van der Waals surface area contributed by atoms with Crippen molar-refractivity contribution in [3.05, 3.63) is 0 Å².